The maximum atomic E-state index is 12.4. The molecule has 1 heterocycles. The third-order valence-corrected chi connectivity index (χ3v) is 4.20. The zero-order chi connectivity index (χ0) is 18.9. The van der Waals surface area contributed by atoms with Gasteiger partial charge in [-0.3, -0.25) is 9.59 Å². The number of allylic oxidation sites excluding steroid dienone is 1. The molecule has 152 valence electrons. The number of anilines is 1. The van der Waals surface area contributed by atoms with Crippen LogP contribution in [0.3, 0.4) is 0 Å². The van der Waals surface area contributed by atoms with Gasteiger partial charge in [0.1, 0.15) is 5.82 Å². The Balaban J connectivity index is 0.00000364. The summed E-state index contributed by atoms with van der Waals surface area (Å²) in [5.41, 5.74) is 12.9. The van der Waals surface area contributed by atoms with Crippen LogP contribution < -0.4 is 16.8 Å². The van der Waals surface area contributed by atoms with Crippen LogP contribution in [0.2, 0.25) is 0 Å². The Labute approximate surface area is 177 Å². The molecule has 2 amide bonds. The molecule has 0 aliphatic carbocycles. The van der Waals surface area contributed by atoms with E-state index in [1.54, 1.807) is 25.3 Å². The van der Waals surface area contributed by atoms with Crippen LogP contribution in [0.1, 0.15) is 24.5 Å². The number of amides is 2. The van der Waals surface area contributed by atoms with Crippen molar-refractivity contribution in [1.29, 1.82) is 0 Å². The molecule has 0 aliphatic rings. The Hall–Kier alpha value is -2.57. The molecule has 5 N–H and O–H groups in total. The molecule has 0 aliphatic heterocycles. The minimum absolute atomic E-state index is 0. The van der Waals surface area contributed by atoms with Gasteiger partial charge >= 0.3 is 0 Å². The van der Waals surface area contributed by atoms with E-state index < -0.39 is 17.7 Å². The number of nitrogens with one attached hydrogen (secondary N) is 1. The van der Waals surface area contributed by atoms with Crippen molar-refractivity contribution in [2.24, 2.45) is 17.6 Å². The molecule has 0 saturated carbocycles. The van der Waals surface area contributed by atoms with E-state index in [1.807, 2.05) is 42.5 Å². The van der Waals surface area contributed by atoms with Gasteiger partial charge in [0.05, 0.1) is 5.92 Å². The second-order valence-electron chi connectivity index (χ2n) is 6.16. The number of benzene rings is 1. The number of nitrogens with zero attached hydrogens (tertiary/aromatic N) is 1. The van der Waals surface area contributed by atoms with Gasteiger partial charge < -0.3 is 16.8 Å². The van der Waals surface area contributed by atoms with Crippen LogP contribution in [-0.4, -0.2) is 16.8 Å². The van der Waals surface area contributed by atoms with Crippen molar-refractivity contribution < 1.29 is 9.59 Å². The number of aromatic nitrogens is 1. The zero-order valence-electron chi connectivity index (χ0n) is 15.6. The van der Waals surface area contributed by atoms with E-state index in [9.17, 15) is 9.59 Å². The number of carbonyl (C=O) groups excluding carboxylic acids is 2. The largest absolute Gasteiger partial charge is 0.384 e. The molecule has 0 spiro atoms. The number of nitrogens with two attached hydrogens (primary N) is 2. The lowest BCUT2D eigenvalue weighted by Gasteiger charge is -2.19. The standard InChI is InChI=1S/C20H24N4O2.2ClH/c1-14(20(26)24-13-16-10-11-18(21)23-12-16)17(19(22)25)9-5-8-15-6-3-2-4-7-15;;/h2-8,10-12,14,17H,9,13H2,1H3,(H2,21,23)(H2,22,25)(H,24,26);2*1H/t14-,17?;;/m0../s1. The van der Waals surface area contributed by atoms with Gasteiger partial charge in [-0.2, -0.15) is 0 Å². The SMILES string of the molecule is C[C@H](C(=O)NCc1ccc(N)nc1)C(CC=Cc1ccccc1)C(N)=O.Cl.Cl. The molecule has 28 heavy (non-hydrogen) atoms. The fraction of sp³-hybridized carbons (Fsp3) is 0.250. The summed E-state index contributed by atoms with van der Waals surface area (Å²) in [5.74, 6) is -1.39. The molecule has 2 atom stereocenters. The number of pyridine rings is 1. The first-order valence-electron chi connectivity index (χ1n) is 8.46. The topological polar surface area (TPSA) is 111 Å². The molecule has 2 rings (SSSR count). The number of rotatable bonds is 8. The van der Waals surface area contributed by atoms with Crippen molar-refractivity contribution in [2.75, 3.05) is 5.73 Å². The number of halogens is 2. The number of carbonyl (C=O) groups is 2. The third kappa shape index (κ3) is 7.98. The van der Waals surface area contributed by atoms with Gasteiger partial charge in [0.15, 0.2) is 0 Å². The van der Waals surface area contributed by atoms with Crippen LogP contribution in [0.15, 0.2) is 54.7 Å². The number of nitrogen functional groups attached to an aromatic ring is 1. The number of hydrogen-bond acceptors (Lipinski definition) is 4. The summed E-state index contributed by atoms with van der Waals surface area (Å²) >= 11 is 0. The van der Waals surface area contributed by atoms with E-state index >= 15 is 0 Å². The van der Waals surface area contributed by atoms with E-state index in [-0.39, 0.29) is 30.7 Å². The second-order valence-corrected chi connectivity index (χ2v) is 6.16. The lowest BCUT2D eigenvalue weighted by atomic mass is 9.89. The summed E-state index contributed by atoms with van der Waals surface area (Å²) in [6.07, 6.45) is 5.80. The van der Waals surface area contributed by atoms with Crippen LogP contribution in [-0.2, 0) is 16.1 Å². The average Bonchev–Trinajstić information content (AvgIpc) is 2.64. The van der Waals surface area contributed by atoms with Gasteiger partial charge in [0.25, 0.3) is 0 Å². The quantitative estimate of drug-likeness (QED) is 0.604. The third-order valence-electron chi connectivity index (χ3n) is 4.20. The van der Waals surface area contributed by atoms with Gasteiger partial charge in [0.2, 0.25) is 11.8 Å². The highest BCUT2D eigenvalue weighted by Gasteiger charge is 2.27. The molecule has 1 aromatic heterocycles. The Morgan fingerprint density at radius 3 is 2.39 bits per heavy atom. The van der Waals surface area contributed by atoms with Crippen molar-refractivity contribution >= 4 is 48.5 Å². The molecule has 8 heteroatoms. The van der Waals surface area contributed by atoms with Crippen LogP contribution in [0.4, 0.5) is 5.82 Å². The van der Waals surface area contributed by atoms with Crippen molar-refractivity contribution in [3.8, 4) is 0 Å². The highest BCUT2D eigenvalue weighted by atomic mass is 35.5. The van der Waals surface area contributed by atoms with Crippen molar-refractivity contribution in [3.05, 3.63) is 65.9 Å². The lowest BCUT2D eigenvalue weighted by Crippen LogP contribution is -2.38. The summed E-state index contributed by atoms with van der Waals surface area (Å²) in [6, 6.07) is 13.2. The Morgan fingerprint density at radius 2 is 1.82 bits per heavy atom. The fourth-order valence-corrected chi connectivity index (χ4v) is 2.55. The molecular formula is C20H26Cl2N4O2. The molecule has 0 saturated heterocycles. The summed E-state index contributed by atoms with van der Waals surface area (Å²) in [4.78, 5) is 28.1. The smallest absolute Gasteiger partial charge is 0.223 e. The predicted octanol–water partition coefficient (Wildman–Crippen LogP) is 2.96. The molecule has 0 radical (unpaired) electrons. The summed E-state index contributed by atoms with van der Waals surface area (Å²) < 4.78 is 0. The minimum Gasteiger partial charge on any atom is -0.384 e. The van der Waals surface area contributed by atoms with E-state index in [1.165, 1.54) is 0 Å². The maximum absolute atomic E-state index is 12.4. The van der Waals surface area contributed by atoms with E-state index in [2.05, 4.69) is 10.3 Å². The van der Waals surface area contributed by atoms with Crippen molar-refractivity contribution in [1.82, 2.24) is 10.3 Å². The van der Waals surface area contributed by atoms with Crippen LogP contribution in [0.25, 0.3) is 6.08 Å². The summed E-state index contributed by atoms with van der Waals surface area (Å²) in [6.45, 7) is 2.03. The van der Waals surface area contributed by atoms with E-state index in [4.69, 9.17) is 11.5 Å². The van der Waals surface area contributed by atoms with Gasteiger partial charge in [-0.25, -0.2) is 4.98 Å². The fourth-order valence-electron chi connectivity index (χ4n) is 2.55. The lowest BCUT2D eigenvalue weighted by molar-refractivity contribution is -0.132. The van der Waals surface area contributed by atoms with Crippen LogP contribution in [0.5, 0.6) is 0 Å². The maximum Gasteiger partial charge on any atom is 0.223 e. The Bertz CT molecular complexity index is 768. The highest BCUT2D eigenvalue weighted by molar-refractivity contribution is 5.87. The summed E-state index contributed by atoms with van der Waals surface area (Å²) in [5, 5.41) is 2.81. The molecular weight excluding hydrogens is 399 g/mol. The molecule has 6 nitrogen and oxygen atoms in total. The second kappa shape index (κ2) is 12.8. The first kappa shape index (κ1) is 25.4. The number of primary amides is 1. The van der Waals surface area contributed by atoms with Crippen molar-refractivity contribution in [3.63, 3.8) is 0 Å². The normalized spacial score (nSPS) is 12.3. The molecule has 1 aromatic carbocycles. The van der Waals surface area contributed by atoms with E-state index in [0.717, 1.165) is 11.1 Å². The monoisotopic (exact) mass is 424 g/mol. The first-order valence-corrected chi connectivity index (χ1v) is 8.46. The van der Waals surface area contributed by atoms with Gasteiger partial charge in [-0.1, -0.05) is 55.5 Å². The van der Waals surface area contributed by atoms with Gasteiger partial charge in [-0.05, 0) is 23.6 Å². The molecule has 0 fully saturated rings. The van der Waals surface area contributed by atoms with Crippen molar-refractivity contribution in [2.45, 2.75) is 19.9 Å². The Kier molecular flexibility index (Phi) is 11.6. The zero-order valence-corrected chi connectivity index (χ0v) is 17.2. The Morgan fingerprint density at radius 1 is 1.14 bits per heavy atom. The number of hydrogen-bond donors (Lipinski definition) is 3. The van der Waals surface area contributed by atoms with Crippen LogP contribution in [0, 0.1) is 11.8 Å². The minimum atomic E-state index is -0.570. The summed E-state index contributed by atoms with van der Waals surface area (Å²) in [7, 11) is 0. The molecule has 1 unspecified atom stereocenters. The van der Waals surface area contributed by atoms with Gasteiger partial charge in [-0.15, -0.1) is 24.8 Å². The first-order chi connectivity index (χ1) is 12.5. The van der Waals surface area contributed by atoms with E-state index in [0.29, 0.717) is 18.8 Å². The highest BCUT2D eigenvalue weighted by Crippen LogP contribution is 2.18. The van der Waals surface area contributed by atoms with Gasteiger partial charge in [0, 0.05) is 18.7 Å². The molecule has 0 bridgehead atoms. The predicted molar refractivity (Wildman–Crippen MR) is 117 cm³/mol. The average molecular weight is 425 g/mol. The van der Waals surface area contributed by atoms with Crippen LogP contribution >= 0.6 is 24.8 Å². The molecule has 2 aromatic rings.